The lowest BCUT2D eigenvalue weighted by atomic mass is 9.98. The van der Waals surface area contributed by atoms with E-state index in [9.17, 15) is 4.79 Å². The molecule has 1 atom stereocenters. The Hall–Kier alpha value is -2.63. The number of amides is 1. The van der Waals surface area contributed by atoms with Crippen LogP contribution in [0.3, 0.4) is 0 Å². The molecule has 2 heterocycles. The molecule has 1 amide bonds. The molecule has 1 aliphatic heterocycles. The van der Waals surface area contributed by atoms with E-state index in [2.05, 4.69) is 16.0 Å². The normalized spacial score (nSPS) is 16.6. The largest absolute Gasteiger partial charge is 0.493 e. The van der Waals surface area contributed by atoms with Crippen molar-refractivity contribution in [3.63, 3.8) is 0 Å². The van der Waals surface area contributed by atoms with Gasteiger partial charge in [-0.2, -0.15) is 0 Å². The van der Waals surface area contributed by atoms with Crippen molar-refractivity contribution in [2.75, 3.05) is 27.3 Å². The van der Waals surface area contributed by atoms with Crippen molar-refractivity contribution in [2.45, 2.75) is 26.7 Å². The first kappa shape index (κ1) is 18.2. The number of aromatic nitrogens is 2. The van der Waals surface area contributed by atoms with Crippen molar-refractivity contribution < 1.29 is 14.3 Å². The third-order valence-electron chi connectivity index (χ3n) is 4.99. The number of benzene rings is 1. The maximum Gasteiger partial charge on any atom is 0.257 e. The Morgan fingerprint density at radius 2 is 1.85 bits per heavy atom. The molecule has 1 aliphatic rings. The summed E-state index contributed by atoms with van der Waals surface area (Å²) < 4.78 is 10.7. The highest BCUT2D eigenvalue weighted by Crippen LogP contribution is 2.30. The third kappa shape index (κ3) is 3.64. The minimum absolute atomic E-state index is 0.0374. The van der Waals surface area contributed by atoms with Crippen LogP contribution in [0, 0.1) is 19.8 Å². The molecule has 6 nitrogen and oxygen atoms in total. The number of hydrogen-bond donors (Lipinski definition) is 0. The predicted octanol–water partition coefficient (Wildman–Crippen LogP) is 2.82. The molecular weight excluding hydrogens is 330 g/mol. The number of likely N-dealkylation sites (tertiary alicyclic amines) is 1. The summed E-state index contributed by atoms with van der Waals surface area (Å²) in [4.78, 5) is 23.1. The van der Waals surface area contributed by atoms with Gasteiger partial charge in [-0.25, -0.2) is 9.97 Å². The van der Waals surface area contributed by atoms with Gasteiger partial charge < -0.3 is 14.4 Å². The highest BCUT2D eigenvalue weighted by molar-refractivity contribution is 5.96. The number of rotatable bonds is 5. The fourth-order valence-electron chi connectivity index (χ4n) is 3.59. The molecule has 0 aliphatic carbocycles. The Kier molecular flexibility index (Phi) is 5.40. The molecule has 3 rings (SSSR count). The first-order valence-electron chi connectivity index (χ1n) is 8.81. The van der Waals surface area contributed by atoms with E-state index in [0.29, 0.717) is 11.5 Å². The van der Waals surface area contributed by atoms with Crippen molar-refractivity contribution >= 4 is 5.91 Å². The summed E-state index contributed by atoms with van der Waals surface area (Å²) in [7, 11) is 3.28. The first-order valence-corrected chi connectivity index (χ1v) is 8.81. The number of carbonyl (C=O) groups is 1. The summed E-state index contributed by atoms with van der Waals surface area (Å²) in [5.74, 6) is 1.94. The van der Waals surface area contributed by atoms with E-state index >= 15 is 0 Å². The Bertz CT molecular complexity index is 787. The van der Waals surface area contributed by atoms with Gasteiger partial charge in [-0.15, -0.1) is 0 Å². The zero-order valence-corrected chi connectivity index (χ0v) is 15.8. The molecule has 0 saturated carbocycles. The number of methoxy groups -OCH3 is 2. The van der Waals surface area contributed by atoms with Gasteiger partial charge in [-0.05, 0) is 50.3 Å². The quantitative estimate of drug-likeness (QED) is 0.825. The van der Waals surface area contributed by atoms with E-state index in [1.54, 1.807) is 14.2 Å². The van der Waals surface area contributed by atoms with Crippen LogP contribution in [0.5, 0.6) is 11.5 Å². The fourth-order valence-corrected chi connectivity index (χ4v) is 3.59. The van der Waals surface area contributed by atoms with Crippen molar-refractivity contribution in [3.05, 3.63) is 47.0 Å². The van der Waals surface area contributed by atoms with E-state index in [1.165, 1.54) is 11.9 Å². The molecule has 1 aromatic carbocycles. The van der Waals surface area contributed by atoms with E-state index in [-0.39, 0.29) is 5.91 Å². The lowest BCUT2D eigenvalue weighted by molar-refractivity contribution is 0.0784. The van der Waals surface area contributed by atoms with Crippen LogP contribution in [0.25, 0.3) is 0 Å². The Balaban J connectivity index is 1.68. The maximum atomic E-state index is 12.9. The number of ether oxygens (including phenoxy) is 2. The Labute approximate surface area is 154 Å². The van der Waals surface area contributed by atoms with Crippen LogP contribution in [-0.2, 0) is 6.42 Å². The summed E-state index contributed by atoms with van der Waals surface area (Å²) in [5.41, 5.74) is 3.31. The first-order chi connectivity index (χ1) is 12.5. The SMILES string of the molecule is COc1ccc(CC2CCN(C(=O)c3c(C)ncnc3C)C2)cc1OC. The minimum Gasteiger partial charge on any atom is -0.493 e. The van der Waals surface area contributed by atoms with Crippen LogP contribution < -0.4 is 9.47 Å². The van der Waals surface area contributed by atoms with Crippen LogP contribution in [0.15, 0.2) is 24.5 Å². The molecule has 0 radical (unpaired) electrons. The van der Waals surface area contributed by atoms with Crippen molar-refractivity contribution in [1.82, 2.24) is 14.9 Å². The van der Waals surface area contributed by atoms with Gasteiger partial charge in [-0.3, -0.25) is 4.79 Å². The number of nitrogens with zero attached hydrogens (tertiary/aromatic N) is 3. The van der Waals surface area contributed by atoms with Gasteiger partial charge in [-0.1, -0.05) is 6.07 Å². The minimum atomic E-state index is 0.0374. The van der Waals surface area contributed by atoms with E-state index < -0.39 is 0 Å². The summed E-state index contributed by atoms with van der Waals surface area (Å²) in [6.07, 6.45) is 3.41. The van der Waals surface area contributed by atoms with E-state index in [1.807, 2.05) is 30.9 Å². The highest BCUT2D eigenvalue weighted by Gasteiger charge is 2.29. The van der Waals surface area contributed by atoms with Gasteiger partial charge in [0.25, 0.3) is 5.91 Å². The van der Waals surface area contributed by atoms with Gasteiger partial charge in [0, 0.05) is 13.1 Å². The van der Waals surface area contributed by atoms with Gasteiger partial charge in [0.2, 0.25) is 0 Å². The van der Waals surface area contributed by atoms with Crippen LogP contribution in [0.2, 0.25) is 0 Å². The smallest absolute Gasteiger partial charge is 0.257 e. The number of aryl methyl sites for hydroxylation is 2. The lowest BCUT2D eigenvalue weighted by Crippen LogP contribution is -2.30. The van der Waals surface area contributed by atoms with Crippen LogP contribution in [0.1, 0.15) is 33.7 Å². The zero-order chi connectivity index (χ0) is 18.7. The molecule has 0 spiro atoms. The van der Waals surface area contributed by atoms with Crippen LogP contribution in [-0.4, -0.2) is 48.1 Å². The topological polar surface area (TPSA) is 64.5 Å². The number of carbonyl (C=O) groups excluding carboxylic acids is 1. The van der Waals surface area contributed by atoms with E-state index in [0.717, 1.165) is 48.8 Å². The van der Waals surface area contributed by atoms with Crippen LogP contribution >= 0.6 is 0 Å². The predicted molar refractivity (Wildman–Crippen MR) is 98.8 cm³/mol. The summed E-state index contributed by atoms with van der Waals surface area (Å²) in [5, 5.41) is 0. The molecule has 0 N–H and O–H groups in total. The molecule has 138 valence electrons. The molecule has 6 heteroatoms. The second-order valence-corrected chi connectivity index (χ2v) is 6.72. The zero-order valence-electron chi connectivity index (χ0n) is 15.8. The molecule has 2 aromatic rings. The molecule has 1 unspecified atom stereocenters. The second-order valence-electron chi connectivity index (χ2n) is 6.72. The monoisotopic (exact) mass is 355 g/mol. The Morgan fingerprint density at radius 1 is 1.15 bits per heavy atom. The van der Waals surface area contributed by atoms with Crippen molar-refractivity contribution in [2.24, 2.45) is 5.92 Å². The van der Waals surface area contributed by atoms with Gasteiger partial charge in [0.15, 0.2) is 11.5 Å². The Morgan fingerprint density at radius 3 is 2.50 bits per heavy atom. The molecule has 1 aromatic heterocycles. The third-order valence-corrected chi connectivity index (χ3v) is 4.99. The summed E-state index contributed by atoms with van der Waals surface area (Å²) in [6, 6.07) is 6.01. The van der Waals surface area contributed by atoms with Crippen molar-refractivity contribution in [1.29, 1.82) is 0 Å². The second kappa shape index (κ2) is 7.72. The summed E-state index contributed by atoms with van der Waals surface area (Å²) >= 11 is 0. The molecule has 1 fully saturated rings. The standard InChI is InChI=1S/C20H25N3O3/c1-13-19(14(2)22-12-21-13)20(24)23-8-7-16(11-23)9-15-5-6-17(25-3)18(10-15)26-4/h5-6,10,12,16H,7-9,11H2,1-4H3. The highest BCUT2D eigenvalue weighted by atomic mass is 16.5. The summed E-state index contributed by atoms with van der Waals surface area (Å²) in [6.45, 7) is 5.24. The van der Waals surface area contributed by atoms with Crippen LogP contribution in [0.4, 0.5) is 0 Å². The van der Waals surface area contributed by atoms with Gasteiger partial charge >= 0.3 is 0 Å². The molecule has 0 bridgehead atoms. The fraction of sp³-hybridized carbons (Fsp3) is 0.450. The van der Waals surface area contributed by atoms with Gasteiger partial charge in [0.05, 0.1) is 31.2 Å². The van der Waals surface area contributed by atoms with E-state index in [4.69, 9.17) is 9.47 Å². The van der Waals surface area contributed by atoms with Gasteiger partial charge in [0.1, 0.15) is 6.33 Å². The average molecular weight is 355 g/mol. The maximum absolute atomic E-state index is 12.9. The van der Waals surface area contributed by atoms with Crippen molar-refractivity contribution in [3.8, 4) is 11.5 Å². The molecule has 1 saturated heterocycles. The molecular formula is C20H25N3O3. The number of hydrogen-bond acceptors (Lipinski definition) is 5. The average Bonchev–Trinajstić information content (AvgIpc) is 3.09. The molecule has 26 heavy (non-hydrogen) atoms. The lowest BCUT2D eigenvalue weighted by Gasteiger charge is -2.18.